The topological polar surface area (TPSA) is 39.1 Å². The van der Waals surface area contributed by atoms with Gasteiger partial charge in [0.25, 0.3) is 0 Å². The van der Waals surface area contributed by atoms with Gasteiger partial charge in [0.15, 0.2) is 0 Å². The van der Waals surface area contributed by atoms with Gasteiger partial charge in [0.2, 0.25) is 0 Å². The van der Waals surface area contributed by atoms with Crippen LogP contribution in [0.2, 0.25) is 0 Å². The minimum absolute atomic E-state index is 0.668. The first kappa shape index (κ1) is 12.8. The summed E-state index contributed by atoms with van der Waals surface area (Å²) in [4.78, 5) is 4.27. The maximum absolute atomic E-state index is 5.08. The molecule has 0 amide bonds. The monoisotopic (exact) mass is 245 g/mol. The number of nitrogens with one attached hydrogen (secondary N) is 1. The molecule has 96 valence electrons. The molecule has 0 aliphatic heterocycles. The molecule has 1 heterocycles. The van der Waals surface area contributed by atoms with E-state index >= 15 is 0 Å². The van der Waals surface area contributed by atoms with Crippen LogP contribution in [0.1, 0.15) is 17.0 Å². The summed E-state index contributed by atoms with van der Waals surface area (Å²) in [5, 5.41) is 3.38. The lowest BCUT2D eigenvalue weighted by Gasteiger charge is -2.06. The SMILES string of the molecule is COCc1ccc(CNCc2nccn2C)cc1. The molecule has 2 rings (SSSR count). The molecule has 4 heteroatoms. The Morgan fingerprint density at radius 2 is 1.89 bits per heavy atom. The first-order chi connectivity index (χ1) is 8.79. The number of nitrogens with zero attached hydrogens (tertiary/aromatic N) is 2. The third kappa shape index (κ3) is 3.42. The fraction of sp³-hybridized carbons (Fsp3) is 0.357. The predicted molar refractivity (Wildman–Crippen MR) is 70.9 cm³/mol. The van der Waals surface area contributed by atoms with Crippen molar-refractivity contribution in [3.8, 4) is 0 Å². The Morgan fingerprint density at radius 3 is 2.50 bits per heavy atom. The highest BCUT2D eigenvalue weighted by molar-refractivity contribution is 5.21. The van der Waals surface area contributed by atoms with Gasteiger partial charge < -0.3 is 14.6 Å². The van der Waals surface area contributed by atoms with Crippen molar-refractivity contribution < 1.29 is 4.74 Å². The number of hydrogen-bond acceptors (Lipinski definition) is 3. The lowest BCUT2D eigenvalue weighted by molar-refractivity contribution is 0.185. The highest BCUT2D eigenvalue weighted by Crippen LogP contribution is 2.05. The predicted octanol–water partition coefficient (Wildman–Crippen LogP) is 1.86. The maximum Gasteiger partial charge on any atom is 0.122 e. The number of hydrogen-bond donors (Lipinski definition) is 1. The summed E-state index contributed by atoms with van der Waals surface area (Å²) in [6, 6.07) is 8.45. The van der Waals surface area contributed by atoms with Gasteiger partial charge in [0, 0.05) is 33.1 Å². The highest BCUT2D eigenvalue weighted by Gasteiger charge is 1.99. The van der Waals surface area contributed by atoms with Crippen LogP contribution in [0.15, 0.2) is 36.7 Å². The van der Waals surface area contributed by atoms with Crippen molar-refractivity contribution in [1.82, 2.24) is 14.9 Å². The second-order valence-corrected chi connectivity index (χ2v) is 4.31. The fourth-order valence-electron chi connectivity index (χ4n) is 1.81. The summed E-state index contributed by atoms with van der Waals surface area (Å²) < 4.78 is 7.11. The number of benzene rings is 1. The number of imidazole rings is 1. The summed E-state index contributed by atoms with van der Waals surface area (Å²) in [5.74, 6) is 1.05. The summed E-state index contributed by atoms with van der Waals surface area (Å²) in [6.45, 7) is 2.30. The summed E-state index contributed by atoms with van der Waals surface area (Å²) in [5.41, 5.74) is 2.47. The number of aryl methyl sites for hydroxylation is 1. The van der Waals surface area contributed by atoms with Crippen molar-refractivity contribution in [2.24, 2.45) is 7.05 Å². The minimum Gasteiger partial charge on any atom is -0.380 e. The molecule has 0 fully saturated rings. The highest BCUT2D eigenvalue weighted by atomic mass is 16.5. The van der Waals surface area contributed by atoms with Gasteiger partial charge in [0.05, 0.1) is 13.2 Å². The third-order valence-electron chi connectivity index (χ3n) is 2.87. The molecule has 0 bridgehead atoms. The van der Waals surface area contributed by atoms with Crippen molar-refractivity contribution in [2.45, 2.75) is 19.7 Å². The summed E-state index contributed by atoms with van der Waals surface area (Å²) in [7, 11) is 3.71. The molecule has 0 aliphatic rings. The molecular weight excluding hydrogens is 226 g/mol. The molecule has 1 N–H and O–H groups in total. The molecule has 1 aromatic carbocycles. The van der Waals surface area contributed by atoms with E-state index in [9.17, 15) is 0 Å². The van der Waals surface area contributed by atoms with Crippen LogP contribution < -0.4 is 5.32 Å². The second kappa shape index (κ2) is 6.33. The third-order valence-corrected chi connectivity index (χ3v) is 2.87. The van der Waals surface area contributed by atoms with Gasteiger partial charge in [-0.25, -0.2) is 4.98 Å². The first-order valence-electron chi connectivity index (χ1n) is 6.03. The molecule has 0 aliphatic carbocycles. The van der Waals surface area contributed by atoms with E-state index in [-0.39, 0.29) is 0 Å². The number of rotatable bonds is 6. The van der Waals surface area contributed by atoms with Crippen LogP contribution in [0, 0.1) is 0 Å². The molecule has 2 aromatic rings. The lowest BCUT2D eigenvalue weighted by Crippen LogP contribution is -2.15. The standard InChI is InChI=1S/C14H19N3O/c1-17-8-7-16-14(17)10-15-9-12-3-5-13(6-4-12)11-18-2/h3-8,15H,9-11H2,1-2H3. The van der Waals surface area contributed by atoms with E-state index in [2.05, 4.69) is 34.6 Å². The Balaban J connectivity index is 1.81. The van der Waals surface area contributed by atoms with Crippen molar-refractivity contribution in [3.05, 3.63) is 53.6 Å². The second-order valence-electron chi connectivity index (χ2n) is 4.31. The van der Waals surface area contributed by atoms with Crippen LogP contribution in [-0.4, -0.2) is 16.7 Å². The van der Waals surface area contributed by atoms with Gasteiger partial charge in [-0.15, -0.1) is 0 Å². The summed E-state index contributed by atoms with van der Waals surface area (Å²) >= 11 is 0. The Morgan fingerprint density at radius 1 is 1.17 bits per heavy atom. The minimum atomic E-state index is 0.668. The van der Waals surface area contributed by atoms with E-state index in [1.165, 1.54) is 11.1 Å². The quantitative estimate of drug-likeness (QED) is 0.844. The van der Waals surface area contributed by atoms with Crippen molar-refractivity contribution in [3.63, 3.8) is 0 Å². The molecule has 1 aromatic heterocycles. The zero-order chi connectivity index (χ0) is 12.8. The molecule has 0 saturated carbocycles. The van der Waals surface area contributed by atoms with E-state index in [0.717, 1.165) is 18.9 Å². The van der Waals surface area contributed by atoms with Gasteiger partial charge in [0.1, 0.15) is 5.82 Å². The van der Waals surface area contributed by atoms with Crippen LogP contribution in [0.3, 0.4) is 0 Å². The van der Waals surface area contributed by atoms with Gasteiger partial charge in [-0.1, -0.05) is 24.3 Å². The molecule has 0 saturated heterocycles. The Hall–Kier alpha value is -1.65. The molecule has 18 heavy (non-hydrogen) atoms. The summed E-state index contributed by atoms with van der Waals surface area (Å²) in [6.07, 6.45) is 3.77. The van der Waals surface area contributed by atoms with Crippen LogP contribution in [0.5, 0.6) is 0 Å². The maximum atomic E-state index is 5.08. The van der Waals surface area contributed by atoms with Gasteiger partial charge in [-0.2, -0.15) is 0 Å². The van der Waals surface area contributed by atoms with Gasteiger partial charge >= 0.3 is 0 Å². The molecule has 4 nitrogen and oxygen atoms in total. The molecular formula is C14H19N3O. The Kier molecular flexibility index (Phi) is 4.50. The van der Waals surface area contributed by atoms with Crippen molar-refractivity contribution in [2.75, 3.05) is 7.11 Å². The zero-order valence-electron chi connectivity index (χ0n) is 10.9. The normalized spacial score (nSPS) is 10.8. The molecule has 0 radical (unpaired) electrons. The molecule has 0 unspecified atom stereocenters. The van der Waals surface area contributed by atoms with Crippen LogP contribution in [0.4, 0.5) is 0 Å². The van der Waals surface area contributed by atoms with Crippen LogP contribution in [-0.2, 0) is 31.5 Å². The van der Waals surface area contributed by atoms with Crippen LogP contribution in [0.25, 0.3) is 0 Å². The average Bonchev–Trinajstić information content (AvgIpc) is 2.78. The fourth-order valence-corrected chi connectivity index (χ4v) is 1.81. The Bertz CT molecular complexity index is 476. The molecule has 0 atom stereocenters. The van der Waals surface area contributed by atoms with Crippen LogP contribution >= 0.6 is 0 Å². The van der Waals surface area contributed by atoms with E-state index in [4.69, 9.17) is 4.74 Å². The number of methoxy groups -OCH3 is 1. The van der Waals surface area contributed by atoms with Gasteiger partial charge in [-0.05, 0) is 11.1 Å². The zero-order valence-corrected chi connectivity index (χ0v) is 10.9. The van der Waals surface area contributed by atoms with E-state index in [0.29, 0.717) is 6.61 Å². The lowest BCUT2D eigenvalue weighted by atomic mass is 10.1. The van der Waals surface area contributed by atoms with Crippen molar-refractivity contribution in [1.29, 1.82) is 0 Å². The molecule has 0 spiro atoms. The number of ether oxygens (including phenoxy) is 1. The van der Waals surface area contributed by atoms with E-state index < -0.39 is 0 Å². The van der Waals surface area contributed by atoms with E-state index in [1.807, 2.05) is 24.0 Å². The largest absolute Gasteiger partial charge is 0.380 e. The average molecular weight is 245 g/mol. The first-order valence-corrected chi connectivity index (χ1v) is 6.03. The smallest absolute Gasteiger partial charge is 0.122 e. The number of aromatic nitrogens is 2. The Labute approximate surface area is 108 Å². The van der Waals surface area contributed by atoms with Crippen molar-refractivity contribution >= 4 is 0 Å². The van der Waals surface area contributed by atoms with Gasteiger partial charge in [-0.3, -0.25) is 0 Å². The van der Waals surface area contributed by atoms with E-state index in [1.54, 1.807) is 7.11 Å².